The predicted octanol–water partition coefficient (Wildman–Crippen LogP) is 1.65. The van der Waals surface area contributed by atoms with E-state index in [9.17, 15) is 13.2 Å². The van der Waals surface area contributed by atoms with Crippen LogP contribution in [0.4, 0.5) is 13.2 Å². The van der Waals surface area contributed by atoms with E-state index in [1.165, 1.54) is 4.68 Å². The number of fused-ring (bicyclic) bond motifs is 1. The van der Waals surface area contributed by atoms with Crippen molar-refractivity contribution in [3.05, 3.63) is 11.6 Å². The van der Waals surface area contributed by atoms with Crippen LogP contribution in [0, 0.1) is 0 Å². The molecule has 1 aromatic rings. The van der Waals surface area contributed by atoms with Gasteiger partial charge in [-0.25, -0.2) is 9.67 Å². The molecule has 2 rings (SSSR count). The van der Waals surface area contributed by atoms with Crippen molar-refractivity contribution in [3.8, 4) is 0 Å². The van der Waals surface area contributed by atoms with E-state index in [-0.39, 0.29) is 11.9 Å². The highest BCUT2D eigenvalue weighted by atomic mass is 19.4. The quantitative estimate of drug-likeness (QED) is 0.723. The molecule has 15 heavy (non-hydrogen) atoms. The number of aromatic nitrogens is 3. The molecular weight excluding hydrogens is 209 g/mol. The molecule has 1 aliphatic heterocycles. The summed E-state index contributed by atoms with van der Waals surface area (Å²) in [4.78, 5) is 3.46. The Morgan fingerprint density at radius 1 is 1.40 bits per heavy atom. The van der Waals surface area contributed by atoms with Gasteiger partial charge in [0.1, 0.15) is 5.82 Å². The van der Waals surface area contributed by atoms with Crippen LogP contribution in [0.2, 0.25) is 0 Å². The van der Waals surface area contributed by atoms with E-state index in [1.807, 2.05) is 6.92 Å². The zero-order chi connectivity index (χ0) is 11.2. The van der Waals surface area contributed by atoms with Gasteiger partial charge in [0.15, 0.2) is 0 Å². The summed E-state index contributed by atoms with van der Waals surface area (Å²) in [7, 11) is 0. The summed E-state index contributed by atoms with van der Waals surface area (Å²) < 4.78 is 38.3. The number of alkyl halides is 3. The van der Waals surface area contributed by atoms with Crippen LogP contribution in [0.1, 0.15) is 43.5 Å². The van der Waals surface area contributed by atoms with Crippen molar-refractivity contribution in [2.75, 3.05) is 0 Å². The summed E-state index contributed by atoms with van der Waals surface area (Å²) in [6.45, 7) is 1.81. The van der Waals surface area contributed by atoms with E-state index in [2.05, 4.69) is 10.1 Å². The molecule has 0 fully saturated rings. The molecule has 2 atom stereocenters. The lowest BCUT2D eigenvalue weighted by Gasteiger charge is -2.23. The standard InChI is InChI=1S/C8H11F3N4/c1-4-2-3-5(12)6-13-7(8(9,10)11)14-15(4)6/h4-5H,2-3,12H2,1H3. The lowest BCUT2D eigenvalue weighted by atomic mass is 10.0. The Morgan fingerprint density at radius 2 is 2.07 bits per heavy atom. The zero-order valence-electron chi connectivity index (χ0n) is 8.12. The highest BCUT2D eigenvalue weighted by Crippen LogP contribution is 2.32. The van der Waals surface area contributed by atoms with Gasteiger partial charge in [0, 0.05) is 0 Å². The second-order valence-electron chi connectivity index (χ2n) is 3.77. The number of hydrogen-bond donors (Lipinski definition) is 1. The lowest BCUT2D eigenvalue weighted by Crippen LogP contribution is -2.25. The first-order valence-corrected chi connectivity index (χ1v) is 4.69. The third-order valence-electron chi connectivity index (χ3n) is 2.56. The fourth-order valence-electron chi connectivity index (χ4n) is 1.70. The maximum atomic E-state index is 12.3. The van der Waals surface area contributed by atoms with Gasteiger partial charge in [-0.2, -0.15) is 13.2 Å². The van der Waals surface area contributed by atoms with Gasteiger partial charge >= 0.3 is 6.18 Å². The smallest absolute Gasteiger partial charge is 0.321 e. The molecule has 2 N–H and O–H groups in total. The van der Waals surface area contributed by atoms with Gasteiger partial charge in [-0.1, -0.05) is 0 Å². The van der Waals surface area contributed by atoms with Crippen LogP contribution in [0.5, 0.6) is 0 Å². The maximum absolute atomic E-state index is 12.3. The number of nitrogens with two attached hydrogens (primary N) is 1. The second-order valence-corrected chi connectivity index (χ2v) is 3.77. The van der Waals surface area contributed by atoms with E-state index in [4.69, 9.17) is 5.73 Å². The maximum Gasteiger partial charge on any atom is 0.453 e. The average molecular weight is 220 g/mol. The normalized spacial score (nSPS) is 26.5. The van der Waals surface area contributed by atoms with Crippen LogP contribution in [-0.2, 0) is 6.18 Å². The van der Waals surface area contributed by atoms with Gasteiger partial charge in [0.05, 0.1) is 12.1 Å². The third kappa shape index (κ3) is 1.71. The zero-order valence-corrected chi connectivity index (χ0v) is 8.12. The minimum absolute atomic E-state index is 0.0663. The van der Waals surface area contributed by atoms with Crippen LogP contribution >= 0.6 is 0 Å². The number of nitrogens with zero attached hydrogens (tertiary/aromatic N) is 3. The van der Waals surface area contributed by atoms with Crippen LogP contribution in [0.15, 0.2) is 0 Å². The second kappa shape index (κ2) is 3.19. The molecule has 0 spiro atoms. The van der Waals surface area contributed by atoms with Crippen LogP contribution in [0.3, 0.4) is 0 Å². The molecule has 0 aromatic carbocycles. The van der Waals surface area contributed by atoms with Gasteiger partial charge in [-0.15, -0.1) is 5.10 Å². The fourth-order valence-corrected chi connectivity index (χ4v) is 1.70. The van der Waals surface area contributed by atoms with Crippen LogP contribution < -0.4 is 5.73 Å². The molecule has 0 amide bonds. The summed E-state index contributed by atoms with van der Waals surface area (Å²) in [6.07, 6.45) is -3.12. The minimum Gasteiger partial charge on any atom is -0.321 e. The van der Waals surface area contributed by atoms with E-state index in [0.717, 1.165) is 6.42 Å². The topological polar surface area (TPSA) is 56.7 Å². The number of halogens is 3. The molecule has 0 saturated carbocycles. The first-order valence-electron chi connectivity index (χ1n) is 4.69. The molecule has 0 bridgehead atoms. The van der Waals surface area contributed by atoms with Crippen molar-refractivity contribution in [1.29, 1.82) is 0 Å². The monoisotopic (exact) mass is 220 g/mol. The SMILES string of the molecule is CC1CCC(N)c2nc(C(F)(F)F)nn21. The summed E-state index contributed by atoms with van der Waals surface area (Å²) in [5, 5.41) is 3.45. The van der Waals surface area contributed by atoms with Crippen molar-refractivity contribution < 1.29 is 13.2 Å². The van der Waals surface area contributed by atoms with Crippen molar-refractivity contribution in [2.45, 2.75) is 38.0 Å². The molecule has 84 valence electrons. The Kier molecular flexibility index (Phi) is 2.22. The van der Waals surface area contributed by atoms with Gasteiger partial charge in [-0.3, -0.25) is 0 Å². The highest BCUT2D eigenvalue weighted by molar-refractivity contribution is 5.04. The highest BCUT2D eigenvalue weighted by Gasteiger charge is 2.39. The fraction of sp³-hybridized carbons (Fsp3) is 0.750. The van der Waals surface area contributed by atoms with E-state index in [1.54, 1.807) is 0 Å². The van der Waals surface area contributed by atoms with Crippen LogP contribution in [-0.4, -0.2) is 14.8 Å². The molecule has 4 nitrogen and oxygen atoms in total. The van der Waals surface area contributed by atoms with E-state index >= 15 is 0 Å². The van der Waals surface area contributed by atoms with Crippen molar-refractivity contribution in [2.24, 2.45) is 5.73 Å². The van der Waals surface area contributed by atoms with Gasteiger partial charge in [0.25, 0.3) is 5.82 Å². The molecule has 1 aliphatic rings. The Morgan fingerprint density at radius 3 is 2.60 bits per heavy atom. The summed E-state index contributed by atoms with van der Waals surface area (Å²) in [6, 6.07) is -0.506. The van der Waals surface area contributed by atoms with Crippen molar-refractivity contribution >= 4 is 0 Å². The molecule has 2 unspecified atom stereocenters. The first kappa shape index (κ1) is 10.4. The van der Waals surface area contributed by atoms with E-state index in [0.29, 0.717) is 6.42 Å². The van der Waals surface area contributed by atoms with Crippen LogP contribution in [0.25, 0.3) is 0 Å². The molecular formula is C8H11F3N4. The molecule has 1 aromatic heterocycles. The average Bonchev–Trinajstić information content (AvgIpc) is 2.56. The summed E-state index contributed by atoms with van der Waals surface area (Å²) in [5.74, 6) is -0.859. The Hall–Kier alpha value is -1.11. The van der Waals surface area contributed by atoms with Crippen molar-refractivity contribution in [1.82, 2.24) is 14.8 Å². The largest absolute Gasteiger partial charge is 0.453 e. The van der Waals surface area contributed by atoms with Gasteiger partial charge < -0.3 is 5.73 Å². The third-order valence-corrected chi connectivity index (χ3v) is 2.56. The summed E-state index contributed by atoms with van der Waals surface area (Å²) in [5.41, 5.74) is 5.67. The van der Waals surface area contributed by atoms with E-state index < -0.39 is 18.0 Å². The predicted molar refractivity (Wildman–Crippen MR) is 45.9 cm³/mol. The molecule has 7 heteroatoms. The Labute approximate surface area is 84.3 Å². The number of rotatable bonds is 0. The molecule has 0 radical (unpaired) electrons. The molecule has 0 aliphatic carbocycles. The van der Waals surface area contributed by atoms with Gasteiger partial charge in [-0.05, 0) is 19.8 Å². The summed E-state index contributed by atoms with van der Waals surface area (Å²) >= 11 is 0. The molecule has 2 heterocycles. The van der Waals surface area contributed by atoms with Gasteiger partial charge in [0.2, 0.25) is 0 Å². The number of hydrogen-bond acceptors (Lipinski definition) is 3. The Balaban J connectivity index is 2.45. The first-order chi connectivity index (χ1) is 6.89. The minimum atomic E-state index is -4.50. The lowest BCUT2D eigenvalue weighted by molar-refractivity contribution is -0.145. The molecule has 0 saturated heterocycles. The van der Waals surface area contributed by atoms with Crippen molar-refractivity contribution in [3.63, 3.8) is 0 Å². The Bertz CT molecular complexity index is 343.